The molecule has 0 aromatic carbocycles. The first kappa shape index (κ1) is 10.7. The van der Waals surface area contributed by atoms with Gasteiger partial charge in [0.05, 0.1) is 12.2 Å². The summed E-state index contributed by atoms with van der Waals surface area (Å²) in [6.07, 6.45) is -1.78. The fourth-order valence-electron chi connectivity index (χ4n) is 1.54. The SMILES string of the molecule is C=CC[C@@H]1O[C@@H]([C@@H](C)O)[C@H](O)[C@H]1O. The van der Waals surface area contributed by atoms with Gasteiger partial charge in [0.15, 0.2) is 0 Å². The normalized spacial score (nSPS) is 41.8. The first-order valence-electron chi connectivity index (χ1n) is 4.38. The molecule has 1 rings (SSSR count). The van der Waals surface area contributed by atoms with E-state index in [4.69, 9.17) is 4.74 Å². The number of aliphatic hydroxyl groups is 3. The van der Waals surface area contributed by atoms with Crippen LogP contribution in [-0.4, -0.2) is 45.8 Å². The first-order valence-corrected chi connectivity index (χ1v) is 4.38. The Morgan fingerprint density at radius 1 is 1.46 bits per heavy atom. The van der Waals surface area contributed by atoms with Crippen molar-refractivity contribution in [1.82, 2.24) is 0 Å². The second-order valence-corrected chi connectivity index (χ2v) is 3.39. The lowest BCUT2D eigenvalue weighted by molar-refractivity contribution is -0.0573. The Bertz CT molecular complexity index is 180. The summed E-state index contributed by atoms with van der Waals surface area (Å²) in [6, 6.07) is 0. The van der Waals surface area contributed by atoms with Gasteiger partial charge in [-0.3, -0.25) is 0 Å². The van der Waals surface area contributed by atoms with Crippen LogP contribution in [0.3, 0.4) is 0 Å². The van der Waals surface area contributed by atoms with Crippen molar-refractivity contribution in [3.8, 4) is 0 Å². The molecule has 1 saturated heterocycles. The molecular formula is C9H16O4. The van der Waals surface area contributed by atoms with E-state index < -0.39 is 30.5 Å². The van der Waals surface area contributed by atoms with Gasteiger partial charge >= 0.3 is 0 Å². The minimum Gasteiger partial charge on any atom is -0.391 e. The number of rotatable bonds is 3. The van der Waals surface area contributed by atoms with Crippen LogP contribution in [-0.2, 0) is 4.74 Å². The summed E-state index contributed by atoms with van der Waals surface area (Å²) in [5, 5.41) is 28.1. The lowest BCUT2D eigenvalue weighted by Gasteiger charge is -2.16. The summed E-state index contributed by atoms with van der Waals surface area (Å²) >= 11 is 0. The van der Waals surface area contributed by atoms with Crippen molar-refractivity contribution in [2.75, 3.05) is 0 Å². The zero-order chi connectivity index (χ0) is 10.0. The third-order valence-electron chi connectivity index (χ3n) is 2.27. The van der Waals surface area contributed by atoms with Crippen molar-refractivity contribution in [2.45, 2.75) is 43.9 Å². The lowest BCUT2D eigenvalue weighted by Crippen LogP contribution is -2.37. The highest BCUT2D eigenvalue weighted by Crippen LogP contribution is 2.25. The second-order valence-electron chi connectivity index (χ2n) is 3.39. The van der Waals surface area contributed by atoms with E-state index in [9.17, 15) is 15.3 Å². The van der Waals surface area contributed by atoms with Crippen molar-refractivity contribution in [3.05, 3.63) is 12.7 Å². The molecule has 3 N–H and O–H groups in total. The van der Waals surface area contributed by atoms with Gasteiger partial charge in [-0.15, -0.1) is 6.58 Å². The number of hydrogen-bond donors (Lipinski definition) is 3. The first-order chi connectivity index (χ1) is 6.07. The third-order valence-corrected chi connectivity index (χ3v) is 2.27. The molecule has 0 unspecified atom stereocenters. The van der Waals surface area contributed by atoms with Crippen LogP contribution in [0.15, 0.2) is 12.7 Å². The average Bonchev–Trinajstić information content (AvgIpc) is 2.33. The summed E-state index contributed by atoms with van der Waals surface area (Å²) in [4.78, 5) is 0. The van der Waals surface area contributed by atoms with Crippen LogP contribution in [0.25, 0.3) is 0 Å². The van der Waals surface area contributed by atoms with Crippen LogP contribution in [0.5, 0.6) is 0 Å². The second kappa shape index (κ2) is 4.19. The fourth-order valence-corrected chi connectivity index (χ4v) is 1.54. The molecule has 76 valence electrons. The molecule has 1 fully saturated rings. The monoisotopic (exact) mass is 188 g/mol. The molecule has 1 aliphatic heterocycles. The van der Waals surface area contributed by atoms with Gasteiger partial charge in [-0.05, 0) is 13.3 Å². The third kappa shape index (κ3) is 2.08. The van der Waals surface area contributed by atoms with Gasteiger partial charge in [0.2, 0.25) is 0 Å². The predicted octanol–water partition coefficient (Wildman–Crippen LogP) is -0.567. The zero-order valence-electron chi connectivity index (χ0n) is 7.63. The summed E-state index contributed by atoms with van der Waals surface area (Å²) in [5.41, 5.74) is 0. The van der Waals surface area contributed by atoms with Crippen LogP contribution in [0, 0.1) is 0 Å². The molecule has 4 heteroatoms. The van der Waals surface area contributed by atoms with Gasteiger partial charge in [0.25, 0.3) is 0 Å². The van der Waals surface area contributed by atoms with Crippen molar-refractivity contribution in [3.63, 3.8) is 0 Å². The summed E-state index contributed by atoms with van der Waals surface area (Å²) < 4.78 is 5.27. The topological polar surface area (TPSA) is 69.9 Å². The molecule has 0 aromatic heterocycles. The van der Waals surface area contributed by atoms with Gasteiger partial charge in [-0.1, -0.05) is 6.08 Å². The van der Waals surface area contributed by atoms with E-state index in [0.717, 1.165) is 0 Å². The summed E-state index contributed by atoms with van der Waals surface area (Å²) in [5.74, 6) is 0. The minimum absolute atomic E-state index is 0.452. The maximum atomic E-state index is 9.47. The van der Waals surface area contributed by atoms with E-state index in [-0.39, 0.29) is 0 Å². The molecule has 0 radical (unpaired) electrons. The van der Waals surface area contributed by atoms with E-state index in [0.29, 0.717) is 6.42 Å². The molecule has 4 nitrogen and oxygen atoms in total. The van der Waals surface area contributed by atoms with Crippen LogP contribution >= 0.6 is 0 Å². The van der Waals surface area contributed by atoms with E-state index in [1.54, 1.807) is 6.08 Å². The Labute approximate surface area is 77.5 Å². The molecule has 1 heterocycles. The standard InChI is InChI=1S/C9H16O4/c1-3-4-6-7(11)8(12)9(13-6)5(2)10/h3,5-12H,1,4H2,2H3/t5-,6+,7+,8-,9+/m1/s1. The smallest absolute Gasteiger partial charge is 0.112 e. The van der Waals surface area contributed by atoms with Crippen molar-refractivity contribution in [1.29, 1.82) is 0 Å². The van der Waals surface area contributed by atoms with E-state index in [2.05, 4.69) is 6.58 Å². The van der Waals surface area contributed by atoms with E-state index in [1.807, 2.05) is 0 Å². The predicted molar refractivity (Wildman–Crippen MR) is 47.2 cm³/mol. The van der Waals surface area contributed by atoms with Gasteiger partial charge < -0.3 is 20.1 Å². The average molecular weight is 188 g/mol. The molecule has 0 aliphatic carbocycles. The highest BCUT2D eigenvalue weighted by molar-refractivity contribution is 4.95. The molecule has 0 spiro atoms. The summed E-state index contributed by atoms with van der Waals surface area (Å²) in [7, 11) is 0. The Hall–Kier alpha value is -0.420. The van der Waals surface area contributed by atoms with Gasteiger partial charge in [-0.25, -0.2) is 0 Å². The molecule has 0 saturated carbocycles. The molecular weight excluding hydrogens is 172 g/mol. The number of aliphatic hydroxyl groups excluding tert-OH is 3. The van der Waals surface area contributed by atoms with Crippen LogP contribution in [0.4, 0.5) is 0 Å². The summed E-state index contributed by atoms with van der Waals surface area (Å²) in [6.45, 7) is 5.04. The minimum atomic E-state index is -1.01. The molecule has 0 bridgehead atoms. The largest absolute Gasteiger partial charge is 0.391 e. The fraction of sp³-hybridized carbons (Fsp3) is 0.778. The van der Waals surface area contributed by atoms with E-state index in [1.165, 1.54) is 6.92 Å². The highest BCUT2D eigenvalue weighted by atomic mass is 16.6. The number of ether oxygens (including phenoxy) is 1. The Kier molecular flexibility index (Phi) is 3.44. The van der Waals surface area contributed by atoms with Gasteiger partial charge in [-0.2, -0.15) is 0 Å². The quantitative estimate of drug-likeness (QED) is 0.519. The lowest BCUT2D eigenvalue weighted by atomic mass is 10.0. The molecule has 0 amide bonds. The molecule has 0 aromatic rings. The van der Waals surface area contributed by atoms with Crippen LogP contribution in [0.1, 0.15) is 13.3 Å². The maximum absolute atomic E-state index is 9.47. The maximum Gasteiger partial charge on any atom is 0.112 e. The highest BCUT2D eigenvalue weighted by Gasteiger charge is 2.43. The van der Waals surface area contributed by atoms with Crippen LogP contribution in [0.2, 0.25) is 0 Å². The molecule has 5 atom stereocenters. The van der Waals surface area contributed by atoms with Gasteiger partial charge in [0, 0.05) is 0 Å². The van der Waals surface area contributed by atoms with E-state index >= 15 is 0 Å². The zero-order valence-corrected chi connectivity index (χ0v) is 7.63. The van der Waals surface area contributed by atoms with Crippen molar-refractivity contribution < 1.29 is 20.1 Å². The Morgan fingerprint density at radius 3 is 2.46 bits per heavy atom. The van der Waals surface area contributed by atoms with Gasteiger partial charge in [0.1, 0.15) is 18.3 Å². The van der Waals surface area contributed by atoms with Crippen molar-refractivity contribution in [2.24, 2.45) is 0 Å². The number of hydrogen-bond acceptors (Lipinski definition) is 4. The van der Waals surface area contributed by atoms with Crippen molar-refractivity contribution >= 4 is 0 Å². The Balaban J connectivity index is 2.60. The molecule has 1 aliphatic rings. The Morgan fingerprint density at radius 2 is 2.08 bits per heavy atom. The van der Waals surface area contributed by atoms with Crippen LogP contribution < -0.4 is 0 Å². The molecule has 13 heavy (non-hydrogen) atoms.